The highest BCUT2D eigenvalue weighted by Gasteiger charge is 2.19. The number of halogens is 1. The molecule has 1 fully saturated rings. The lowest BCUT2D eigenvalue weighted by molar-refractivity contribution is -0.129. The molecule has 0 spiro atoms. The Bertz CT molecular complexity index is 414. The van der Waals surface area contributed by atoms with E-state index in [4.69, 9.17) is 16.3 Å². The normalized spacial score (nSPS) is 15.1. The summed E-state index contributed by atoms with van der Waals surface area (Å²) in [6.07, 6.45) is 2.58. The van der Waals surface area contributed by atoms with Crippen molar-refractivity contribution in [1.29, 1.82) is 0 Å². The lowest BCUT2D eigenvalue weighted by Crippen LogP contribution is -2.29. The molecule has 1 saturated heterocycles. The molecule has 0 aromatic heterocycles. The monoisotopic (exact) mass is 253 g/mol. The van der Waals surface area contributed by atoms with E-state index in [0.29, 0.717) is 11.4 Å². The molecular weight excluding hydrogens is 238 g/mol. The predicted octanol–water partition coefficient (Wildman–Crippen LogP) is 2.51. The maximum absolute atomic E-state index is 12.0. The van der Waals surface area contributed by atoms with Gasteiger partial charge < -0.3 is 9.64 Å². The number of ether oxygens (including phenoxy) is 1. The maximum atomic E-state index is 12.0. The Morgan fingerprint density at radius 1 is 1.41 bits per heavy atom. The zero-order valence-corrected chi connectivity index (χ0v) is 10.7. The largest absolute Gasteiger partial charge is 0.496 e. The second-order valence-electron chi connectivity index (χ2n) is 4.22. The first-order valence-corrected chi connectivity index (χ1v) is 6.18. The highest BCUT2D eigenvalue weighted by atomic mass is 35.5. The summed E-state index contributed by atoms with van der Waals surface area (Å²) in [5, 5.41) is 0.634. The van der Waals surface area contributed by atoms with Crippen molar-refractivity contribution in [3.05, 3.63) is 28.8 Å². The molecule has 17 heavy (non-hydrogen) atoms. The molecule has 0 atom stereocenters. The summed E-state index contributed by atoms with van der Waals surface area (Å²) in [4.78, 5) is 13.9. The fourth-order valence-corrected chi connectivity index (χ4v) is 2.32. The molecule has 3 nitrogen and oxygen atoms in total. The Balaban J connectivity index is 2.11. The van der Waals surface area contributed by atoms with Crippen LogP contribution < -0.4 is 4.74 Å². The molecule has 0 unspecified atom stereocenters. The standard InChI is InChI=1S/C13H16ClNO2/c1-17-12-5-4-11(14)8-10(12)9-13(16)15-6-2-3-7-15/h4-5,8H,2-3,6-7,9H2,1H3. The number of amides is 1. The van der Waals surface area contributed by atoms with Crippen molar-refractivity contribution >= 4 is 17.5 Å². The van der Waals surface area contributed by atoms with Crippen LogP contribution in [0.25, 0.3) is 0 Å². The average Bonchev–Trinajstić information content (AvgIpc) is 2.83. The van der Waals surface area contributed by atoms with Crippen LogP contribution in [-0.4, -0.2) is 31.0 Å². The zero-order chi connectivity index (χ0) is 12.3. The predicted molar refractivity (Wildman–Crippen MR) is 67.5 cm³/mol. The van der Waals surface area contributed by atoms with Crippen LogP contribution in [0.1, 0.15) is 18.4 Å². The molecule has 1 heterocycles. The van der Waals surface area contributed by atoms with Gasteiger partial charge in [0.2, 0.25) is 5.91 Å². The molecule has 1 aliphatic rings. The van der Waals surface area contributed by atoms with E-state index in [-0.39, 0.29) is 5.91 Å². The van der Waals surface area contributed by atoms with Crippen LogP contribution in [0, 0.1) is 0 Å². The highest BCUT2D eigenvalue weighted by Crippen LogP contribution is 2.24. The minimum absolute atomic E-state index is 0.156. The first-order valence-electron chi connectivity index (χ1n) is 5.81. The van der Waals surface area contributed by atoms with Crippen molar-refractivity contribution < 1.29 is 9.53 Å². The van der Waals surface area contributed by atoms with E-state index in [0.717, 1.165) is 37.2 Å². The molecule has 1 aromatic carbocycles. The van der Waals surface area contributed by atoms with E-state index < -0.39 is 0 Å². The Kier molecular flexibility index (Phi) is 3.89. The van der Waals surface area contributed by atoms with Gasteiger partial charge in [0.15, 0.2) is 0 Å². The van der Waals surface area contributed by atoms with E-state index in [1.54, 1.807) is 25.3 Å². The van der Waals surface area contributed by atoms with Gasteiger partial charge in [-0.15, -0.1) is 0 Å². The van der Waals surface area contributed by atoms with E-state index in [9.17, 15) is 4.79 Å². The Hall–Kier alpha value is -1.22. The zero-order valence-electron chi connectivity index (χ0n) is 9.91. The number of carbonyl (C=O) groups excluding carboxylic acids is 1. The maximum Gasteiger partial charge on any atom is 0.227 e. The molecule has 2 rings (SSSR count). The van der Waals surface area contributed by atoms with Crippen LogP contribution in [0.5, 0.6) is 5.75 Å². The van der Waals surface area contributed by atoms with Gasteiger partial charge in [0.05, 0.1) is 13.5 Å². The van der Waals surface area contributed by atoms with Crippen molar-refractivity contribution in [3.63, 3.8) is 0 Å². The van der Waals surface area contributed by atoms with Gasteiger partial charge in [-0.05, 0) is 31.0 Å². The number of carbonyl (C=O) groups is 1. The van der Waals surface area contributed by atoms with Crippen LogP contribution in [0.15, 0.2) is 18.2 Å². The summed E-state index contributed by atoms with van der Waals surface area (Å²) >= 11 is 5.94. The minimum atomic E-state index is 0.156. The van der Waals surface area contributed by atoms with E-state index >= 15 is 0 Å². The molecule has 0 N–H and O–H groups in total. The first kappa shape index (κ1) is 12.2. The highest BCUT2D eigenvalue weighted by molar-refractivity contribution is 6.30. The number of rotatable bonds is 3. The summed E-state index contributed by atoms with van der Waals surface area (Å²) in [7, 11) is 1.60. The molecule has 1 amide bonds. The van der Waals surface area contributed by atoms with Crippen molar-refractivity contribution in [2.45, 2.75) is 19.3 Å². The van der Waals surface area contributed by atoms with Gasteiger partial charge in [0.1, 0.15) is 5.75 Å². The van der Waals surface area contributed by atoms with Crippen molar-refractivity contribution in [2.24, 2.45) is 0 Å². The first-order chi connectivity index (χ1) is 8.20. The van der Waals surface area contributed by atoms with E-state index in [1.165, 1.54) is 0 Å². The summed E-state index contributed by atoms with van der Waals surface area (Å²) in [6, 6.07) is 5.37. The molecule has 0 saturated carbocycles. The second-order valence-corrected chi connectivity index (χ2v) is 4.66. The molecule has 1 aromatic rings. The third-order valence-corrected chi connectivity index (χ3v) is 3.28. The second kappa shape index (κ2) is 5.41. The molecule has 0 radical (unpaired) electrons. The van der Waals surface area contributed by atoms with Crippen LogP contribution >= 0.6 is 11.6 Å². The van der Waals surface area contributed by atoms with Crippen LogP contribution in [0.3, 0.4) is 0 Å². The van der Waals surface area contributed by atoms with Crippen LogP contribution in [-0.2, 0) is 11.2 Å². The SMILES string of the molecule is COc1ccc(Cl)cc1CC(=O)N1CCCC1. The van der Waals surface area contributed by atoms with Crippen molar-refractivity contribution in [3.8, 4) is 5.75 Å². The van der Waals surface area contributed by atoms with Crippen LogP contribution in [0.4, 0.5) is 0 Å². The number of likely N-dealkylation sites (tertiary alicyclic amines) is 1. The van der Waals surface area contributed by atoms with E-state index in [2.05, 4.69) is 0 Å². The number of methoxy groups -OCH3 is 1. The molecule has 1 aliphatic heterocycles. The Morgan fingerprint density at radius 2 is 2.12 bits per heavy atom. The quantitative estimate of drug-likeness (QED) is 0.829. The van der Waals surface area contributed by atoms with Crippen molar-refractivity contribution in [1.82, 2.24) is 4.90 Å². The molecule has 0 aliphatic carbocycles. The summed E-state index contributed by atoms with van der Waals surface area (Å²) in [6.45, 7) is 1.75. The lowest BCUT2D eigenvalue weighted by atomic mass is 10.1. The number of hydrogen-bond acceptors (Lipinski definition) is 2. The smallest absolute Gasteiger partial charge is 0.227 e. The molecular formula is C13H16ClNO2. The summed E-state index contributed by atoms with van der Waals surface area (Å²) < 4.78 is 5.23. The van der Waals surface area contributed by atoms with Gasteiger partial charge in [-0.25, -0.2) is 0 Å². The van der Waals surface area contributed by atoms with Gasteiger partial charge in [0, 0.05) is 23.7 Å². The average molecular weight is 254 g/mol. The lowest BCUT2D eigenvalue weighted by Gasteiger charge is -2.16. The van der Waals surface area contributed by atoms with Gasteiger partial charge in [-0.2, -0.15) is 0 Å². The van der Waals surface area contributed by atoms with Crippen LogP contribution in [0.2, 0.25) is 5.02 Å². The number of benzene rings is 1. The fraction of sp³-hybridized carbons (Fsp3) is 0.462. The Morgan fingerprint density at radius 3 is 2.76 bits per heavy atom. The third kappa shape index (κ3) is 2.91. The fourth-order valence-electron chi connectivity index (χ4n) is 2.13. The summed E-state index contributed by atoms with van der Waals surface area (Å²) in [5.41, 5.74) is 0.858. The molecule has 0 bridgehead atoms. The summed E-state index contributed by atoms with van der Waals surface area (Å²) in [5.74, 6) is 0.880. The van der Waals surface area contributed by atoms with Gasteiger partial charge in [-0.1, -0.05) is 11.6 Å². The van der Waals surface area contributed by atoms with Crippen molar-refractivity contribution in [2.75, 3.05) is 20.2 Å². The third-order valence-electron chi connectivity index (χ3n) is 3.04. The van der Waals surface area contributed by atoms with Gasteiger partial charge >= 0.3 is 0 Å². The van der Waals surface area contributed by atoms with Gasteiger partial charge in [-0.3, -0.25) is 4.79 Å². The van der Waals surface area contributed by atoms with E-state index in [1.807, 2.05) is 4.90 Å². The number of hydrogen-bond donors (Lipinski definition) is 0. The Labute approximate surface area is 106 Å². The number of nitrogens with zero attached hydrogens (tertiary/aromatic N) is 1. The topological polar surface area (TPSA) is 29.5 Å². The molecule has 92 valence electrons. The van der Waals surface area contributed by atoms with Gasteiger partial charge in [0.25, 0.3) is 0 Å². The molecule has 4 heteroatoms. The minimum Gasteiger partial charge on any atom is -0.496 e.